The van der Waals surface area contributed by atoms with Gasteiger partial charge >= 0.3 is 5.97 Å². The highest BCUT2D eigenvalue weighted by Gasteiger charge is 2.35. The normalized spacial score (nSPS) is 21.1. The first-order chi connectivity index (χ1) is 9.67. The summed E-state index contributed by atoms with van der Waals surface area (Å²) in [5.41, 5.74) is 0. The topological polar surface area (TPSA) is 55.9 Å². The number of carbonyl (C=O) groups is 2. The molecule has 1 aliphatic heterocycles. The van der Waals surface area contributed by atoms with Gasteiger partial charge in [-0.1, -0.05) is 38.3 Å². The minimum Gasteiger partial charge on any atom is -0.466 e. The lowest BCUT2D eigenvalue weighted by Gasteiger charge is -1.99. The summed E-state index contributed by atoms with van der Waals surface area (Å²) in [6, 6.07) is 0. The van der Waals surface area contributed by atoms with Gasteiger partial charge in [0.05, 0.1) is 12.7 Å². The average molecular weight is 282 g/mol. The van der Waals surface area contributed by atoms with Gasteiger partial charge < -0.3 is 9.47 Å². The molecule has 1 saturated heterocycles. The van der Waals surface area contributed by atoms with E-state index in [9.17, 15) is 9.59 Å². The molecule has 2 atom stereocenters. The Bertz CT molecular complexity index is 335. The van der Waals surface area contributed by atoms with Crippen LogP contribution in [0, 0.1) is 0 Å². The second kappa shape index (κ2) is 9.70. The van der Waals surface area contributed by atoms with Crippen LogP contribution >= 0.6 is 0 Å². The summed E-state index contributed by atoms with van der Waals surface area (Å²) >= 11 is 0. The summed E-state index contributed by atoms with van der Waals surface area (Å²) in [4.78, 5) is 22.6. The molecule has 1 rings (SSSR count). The molecule has 20 heavy (non-hydrogen) atoms. The van der Waals surface area contributed by atoms with Crippen molar-refractivity contribution in [3.05, 3.63) is 12.2 Å². The fourth-order valence-corrected chi connectivity index (χ4v) is 2.09. The standard InChI is InChI=1S/C16H26O4/c1-3-5-6-10-14-15(20-14)11-8-7-9-13(17)12-16(18)19-4-2/h8,11,14-15H,3-7,9-10,12H2,1-2H3/b11-8-/t14-,15-/m0/s1. The first-order valence-corrected chi connectivity index (χ1v) is 7.66. The Kier molecular flexibility index (Phi) is 8.19. The van der Waals surface area contributed by atoms with E-state index < -0.39 is 5.97 Å². The third-order valence-electron chi connectivity index (χ3n) is 3.28. The van der Waals surface area contributed by atoms with E-state index in [1.54, 1.807) is 6.92 Å². The van der Waals surface area contributed by atoms with Gasteiger partial charge in [-0.2, -0.15) is 0 Å². The Balaban J connectivity index is 2.02. The fourth-order valence-electron chi connectivity index (χ4n) is 2.09. The first-order valence-electron chi connectivity index (χ1n) is 7.66. The quantitative estimate of drug-likeness (QED) is 0.192. The van der Waals surface area contributed by atoms with Crippen molar-refractivity contribution in [1.82, 2.24) is 0 Å². The number of allylic oxidation sites excluding steroid dienone is 1. The van der Waals surface area contributed by atoms with Crippen LogP contribution in [-0.2, 0) is 19.1 Å². The number of epoxide rings is 1. The Morgan fingerprint density at radius 2 is 2.05 bits per heavy atom. The van der Waals surface area contributed by atoms with Crippen molar-refractivity contribution < 1.29 is 19.1 Å². The molecule has 4 heteroatoms. The number of unbranched alkanes of at least 4 members (excludes halogenated alkanes) is 2. The highest BCUT2D eigenvalue weighted by atomic mass is 16.6. The lowest BCUT2D eigenvalue weighted by molar-refractivity contribution is -0.145. The molecule has 1 fully saturated rings. The van der Waals surface area contributed by atoms with Crippen molar-refractivity contribution in [3.8, 4) is 0 Å². The molecule has 0 radical (unpaired) electrons. The molecule has 1 heterocycles. The number of hydrogen-bond donors (Lipinski definition) is 0. The Labute approximate surface area is 121 Å². The molecular weight excluding hydrogens is 256 g/mol. The zero-order chi connectivity index (χ0) is 14.8. The molecule has 4 nitrogen and oxygen atoms in total. The summed E-state index contributed by atoms with van der Waals surface area (Å²) in [5.74, 6) is -0.493. The van der Waals surface area contributed by atoms with Gasteiger partial charge in [-0.05, 0) is 19.8 Å². The van der Waals surface area contributed by atoms with Crippen LogP contribution in [0.5, 0.6) is 0 Å². The SMILES string of the molecule is CCCCC[C@@H]1O[C@H]1/C=C\CCC(=O)CC(=O)OCC. The van der Waals surface area contributed by atoms with E-state index in [0.29, 0.717) is 25.6 Å². The largest absolute Gasteiger partial charge is 0.466 e. The number of esters is 1. The molecule has 0 aromatic carbocycles. The van der Waals surface area contributed by atoms with Crippen LogP contribution < -0.4 is 0 Å². The number of ether oxygens (including phenoxy) is 2. The average Bonchev–Trinajstić information content (AvgIpc) is 3.14. The highest BCUT2D eigenvalue weighted by Crippen LogP contribution is 2.28. The molecule has 0 bridgehead atoms. The number of Topliss-reactive ketones (excluding diaryl/α,β-unsaturated/α-hetero) is 1. The number of carbonyl (C=O) groups excluding carboxylic acids is 2. The minimum absolute atomic E-state index is 0.0655. The second-order valence-electron chi connectivity index (χ2n) is 5.12. The third-order valence-corrected chi connectivity index (χ3v) is 3.28. The van der Waals surface area contributed by atoms with E-state index in [2.05, 4.69) is 6.92 Å². The molecule has 1 aliphatic rings. The fraction of sp³-hybridized carbons (Fsp3) is 0.750. The van der Waals surface area contributed by atoms with E-state index in [0.717, 1.165) is 6.42 Å². The first kappa shape index (κ1) is 16.9. The molecule has 0 aromatic rings. The van der Waals surface area contributed by atoms with Crippen LogP contribution in [0.1, 0.15) is 58.8 Å². The maximum absolute atomic E-state index is 11.5. The van der Waals surface area contributed by atoms with E-state index in [4.69, 9.17) is 9.47 Å². The van der Waals surface area contributed by atoms with Gasteiger partial charge in [-0.25, -0.2) is 0 Å². The van der Waals surface area contributed by atoms with Crippen molar-refractivity contribution in [2.75, 3.05) is 6.61 Å². The van der Waals surface area contributed by atoms with Crippen LogP contribution in [0.4, 0.5) is 0 Å². The smallest absolute Gasteiger partial charge is 0.313 e. The zero-order valence-corrected chi connectivity index (χ0v) is 12.6. The van der Waals surface area contributed by atoms with E-state index in [-0.39, 0.29) is 18.3 Å². The van der Waals surface area contributed by atoms with Crippen molar-refractivity contribution >= 4 is 11.8 Å². The molecule has 114 valence electrons. The summed E-state index contributed by atoms with van der Waals surface area (Å²) in [6.07, 6.45) is 10.4. The van der Waals surface area contributed by atoms with Gasteiger partial charge in [0.1, 0.15) is 18.3 Å². The van der Waals surface area contributed by atoms with Crippen LogP contribution in [0.25, 0.3) is 0 Å². The molecule has 0 unspecified atom stereocenters. The van der Waals surface area contributed by atoms with Crippen LogP contribution in [0.2, 0.25) is 0 Å². The van der Waals surface area contributed by atoms with Crippen molar-refractivity contribution in [3.63, 3.8) is 0 Å². The van der Waals surface area contributed by atoms with Gasteiger partial charge in [-0.3, -0.25) is 9.59 Å². The Morgan fingerprint density at radius 1 is 1.25 bits per heavy atom. The maximum atomic E-state index is 11.5. The monoisotopic (exact) mass is 282 g/mol. The lowest BCUT2D eigenvalue weighted by atomic mass is 10.1. The minimum atomic E-state index is -0.428. The van der Waals surface area contributed by atoms with E-state index >= 15 is 0 Å². The van der Waals surface area contributed by atoms with Gasteiger partial charge in [-0.15, -0.1) is 0 Å². The highest BCUT2D eigenvalue weighted by molar-refractivity contribution is 5.95. The van der Waals surface area contributed by atoms with Crippen LogP contribution in [-0.4, -0.2) is 30.6 Å². The summed E-state index contributed by atoms with van der Waals surface area (Å²) in [5, 5.41) is 0. The molecule has 0 saturated carbocycles. The Hall–Kier alpha value is -1.16. The number of hydrogen-bond acceptors (Lipinski definition) is 4. The number of ketones is 1. The summed E-state index contributed by atoms with van der Waals surface area (Å²) in [6.45, 7) is 4.25. The summed E-state index contributed by atoms with van der Waals surface area (Å²) < 4.78 is 10.3. The van der Waals surface area contributed by atoms with Gasteiger partial charge in [0.15, 0.2) is 0 Å². The van der Waals surface area contributed by atoms with Crippen molar-refractivity contribution in [2.24, 2.45) is 0 Å². The van der Waals surface area contributed by atoms with Crippen LogP contribution in [0.3, 0.4) is 0 Å². The predicted molar refractivity (Wildman–Crippen MR) is 77.4 cm³/mol. The molecule has 0 aromatic heterocycles. The molecule has 0 amide bonds. The van der Waals surface area contributed by atoms with Crippen molar-refractivity contribution in [1.29, 1.82) is 0 Å². The third kappa shape index (κ3) is 7.43. The van der Waals surface area contributed by atoms with Gasteiger partial charge in [0.25, 0.3) is 0 Å². The molecule has 0 aliphatic carbocycles. The van der Waals surface area contributed by atoms with E-state index in [1.807, 2.05) is 12.2 Å². The predicted octanol–water partition coefficient (Wildman–Crippen LogP) is 3.19. The maximum Gasteiger partial charge on any atom is 0.313 e. The van der Waals surface area contributed by atoms with Gasteiger partial charge in [0.2, 0.25) is 0 Å². The van der Waals surface area contributed by atoms with E-state index in [1.165, 1.54) is 19.3 Å². The number of rotatable bonds is 11. The molecule has 0 spiro atoms. The molecule has 0 N–H and O–H groups in total. The second-order valence-corrected chi connectivity index (χ2v) is 5.12. The lowest BCUT2D eigenvalue weighted by Crippen LogP contribution is -2.10. The van der Waals surface area contributed by atoms with Crippen molar-refractivity contribution in [2.45, 2.75) is 71.0 Å². The van der Waals surface area contributed by atoms with Gasteiger partial charge in [0, 0.05) is 6.42 Å². The Morgan fingerprint density at radius 3 is 2.75 bits per heavy atom. The zero-order valence-electron chi connectivity index (χ0n) is 12.6. The van der Waals surface area contributed by atoms with Crippen LogP contribution in [0.15, 0.2) is 12.2 Å². The molecular formula is C16H26O4. The summed E-state index contributed by atoms with van der Waals surface area (Å²) in [7, 11) is 0.